The normalized spacial score (nSPS) is 7.75. The van der Waals surface area contributed by atoms with Gasteiger partial charge in [-0.2, -0.15) is 0 Å². The zero-order valence-corrected chi connectivity index (χ0v) is 7.07. The van der Waals surface area contributed by atoms with Crippen LogP contribution in [0.2, 0.25) is 0 Å². The van der Waals surface area contributed by atoms with Crippen LogP contribution >= 0.6 is 0 Å². The fraction of sp³-hybridized carbons (Fsp3) is 0.222. The highest BCUT2D eigenvalue weighted by Crippen LogP contribution is 1.95. The van der Waals surface area contributed by atoms with Crippen molar-refractivity contribution in [3.8, 4) is 0 Å². The summed E-state index contributed by atoms with van der Waals surface area (Å²) in [5, 5.41) is 0. The number of benzene rings is 1. The standard InChI is InChI=1S/C6H7N.C3H6O2/c7-6-4-2-1-3-5-6;1-2-5-3-4/h1-5H,7H2;3H,2H2,1H3. The maximum Gasteiger partial charge on any atom is 0.293 e. The number of hydrogen-bond acceptors (Lipinski definition) is 3. The number of hydrogen-bond donors (Lipinski definition) is 1. The molecule has 0 amide bonds. The van der Waals surface area contributed by atoms with Gasteiger partial charge in [-0.1, -0.05) is 18.2 Å². The molecular weight excluding hydrogens is 154 g/mol. The first-order valence-electron chi connectivity index (χ1n) is 3.67. The van der Waals surface area contributed by atoms with Crippen molar-refractivity contribution in [3.05, 3.63) is 30.3 Å². The number of nitrogen functional groups attached to an aromatic ring is 1. The molecule has 3 heteroatoms. The monoisotopic (exact) mass is 167 g/mol. The highest BCUT2D eigenvalue weighted by Gasteiger charge is 1.72. The Hall–Kier alpha value is -1.51. The van der Waals surface area contributed by atoms with Crippen LogP contribution in [0.3, 0.4) is 0 Å². The second-order valence-electron chi connectivity index (χ2n) is 1.96. The van der Waals surface area contributed by atoms with Gasteiger partial charge >= 0.3 is 0 Å². The van der Waals surface area contributed by atoms with Gasteiger partial charge in [0.25, 0.3) is 6.47 Å². The molecule has 0 unspecified atom stereocenters. The Morgan fingerprint density at radius 2 is 2.00 bits per heavy atom. The van der Waals surface area contributed by atoms with E-state index in [9.17, 15) is 4.79 Å². The molecule has 0 fully saturated rings. The maximum atomic E-state index is 9.18. The van der Waals surface area contributed by atoms with Gasteiger partial charge in [-0.3, -0.25) is 4.79 Å². The van der Waals surface area contributed by atoms with Crippen LogP contribution in [0.25, 0.3) is 0 Å². The van der Waals surface area contributed by atoms with Crippen LogP contribution in [0.5, 0.6) is 0 Å². The highest BCUT2D eigenvalue weighted by molar-refractivity contribution is 5.36. The van der Waals surface area contributed by atoms with E-state index in [0.717, 1.165) is 5.69 Å². The molecule has 0 bridgehead atoms. The molecule has 0 saturated heterocycles. The minimum atomic E-state index is 0.431. The summed E-state index contributed by atoms with van der Waals surface area (Å²) in [6.45, 7) is 2.66. The lowest BCUT2D eigenvalue weighted by Crippen LogP contribution is -1.80. The zero-order chi connectivity index (χ0) is 9.23. The SMILES string of the molecule is CCOC=O.Nc1ccccc1. The maximum absolute atomic E-state index is 9.18. The topological polar surface area (TPSA) is 52.3 Å². The van der Waals surface area contributed by atoms with Gasteiger partial charge < -0.3 is 10.5 Å². The Morgan fingerprint density at radius 3 is 2.17 bits per heavy atom. The third kappa shape index (κ3) is 6.61. The van der Waals surface area contributed by atoms with Gasteiger partial charge in [0, 0.05) is 5.69 Å². The van der Waals surface area contributed by atoms with Crippen LogP contribution in [0, 0.1) is 0 Å². The highest BCUT2D eigenvalue weighted by atomic mass is 16.5. The predicted octanol–water partition coefficient (Wildman–Crippen LogP) is 1.45. The average molecular weight is 167 g/mol. The van der Waals surface area contributed by atoms with E-state index in [1.807, 2.05) is 30.3 Å². The summed E-state index contributed by atoms with van der Waals surface area (Å²) in [6.07, 6.45) is 0. The first-order chi connectivity index (χ1) is 5.81. The molecule has 0 aromatic heterocycles. The Labute approximate surface area is 72.1 Å². The van der Waals surface area contributed by atoms with Crippen molar-refractivity contribution in [2.24, 2.45) is 0 Å². The smallest absolute Gasteiger partial charge is 0.293 e. The summed E-state index contributed by atoms with van der Waals surface area (Å²) in [5.41, 5.74) is 6.18. The number of para-hydroxylation sites is 1. The molecule has 0 aliphatic carbocycles. The van der Waals surface area contributed by atoms with Crippen LogP contribution in [-0.4, -0.2) is 13.1 Å². The molecule has 0 aliphatic rings. The van der Waals surface area contributed by atoms with E-state index in [4.69, 9.17) is 5.73 Å². The van der Waals surface area contributed by atoms with Crippen molar-refractivity contribution >= 4 is 12.2 Å². The zero-order valence-electron chi connectivity index (χ0n) is 7.07. The fourth-order valence-electron chi connectivity index (χ4n) is 0.521. The molecule has 0 atom stereocenters. The van der Waals surface area contributed by atoms with E-state index in [0.29, 0.717) is 13.1 Å². The molecule has 1 aromatic rings. The summed E-state index contributed by atoms with van der Waals surface area (Å²) in [7, 11) is 0. The summed E-state index contributed by atoms with van der Waals surface area (Å²) >= 11 is 0. The van der Waals surface area contributed by atoms with Crippen molar-refractivity contribution in [3.63, 3.8) is 0 Å². The van der Waals surface area contributed by atoms with Crippen LogP contribution < -0.4 is 5.73 Å². The molecule has 3 nitrogen and oxygen atoms in total. The molecule has 0 spiro atoms. The lowest BCUT2D eigenvalue weighted by molar-refractivity contribution is -0.128. The first-order valence-corrected chi connectivity index (χ1v) is 3.67. The van der Waals surface area contributed by atoms with E-state index in [1.165, 1.54) is 0 Å². The summed E-state index contributed by atoms with van der Waals surface area (Å²) in [5.74, 6) is 0. The summed E-state index contributed by atoms with van der Waals surface area (Å²) in [6, 6.07) is 9.49. The lowest BCUT2D eigenvalue weighted by Gasteiger charge is -1.83. The second-order valence-corrected chi connectivity index (χ2v) is 1.96. The van der Waals surface area contributed by atoms with Crippen molar-refractivity contribution in [2.75, 3.05) is 12.3 Å². The number of nitrogens with two attached hydrogens (primary N) is 1. The van der Waals surface area contributed by atoms with Crippen molar-refractivity contribution in [2.45, 2.75) is 6.92 Å². The Bertz CT molecular complexity index is 199. The van der Waals surface area contributed by atoms with Crippen molar-refractivity contribution in [1.82, 2.24) is 0 Å². The van der Waals surface area contributed by atoms with Crippen molar-refractivity contribution in [1.29, 1.82) is 0 Å². The van der Waals surface area contributed by atoms with Gasteiger partial charge in [0.05, 0.1) is 6.61 Å². The number of carbonyl (C=O) groups is 1. The second kappa shape index (κ2) is 7.60. The number of anilines is 1. The molecule has 0 saturated carbocycles. The first kappa shape index (κ1) is 10.5. The molecule has 0 radical (unpaired) electrons. The fourth-order valence-corrected chi connectivity index (χ4v) is 0.521. The van der Waals surface area contributed by atoms with Gasteiger partial charge in [-0.15, -0.1) is 0 Å². The molecular formula is C9H13NO2. The van der Waals surface area contributed by atoms with E-state index in [1.54, 1.807) is 6.92 Å². The number of carbonyl (C=O) groups excluding carboxylic acids is 1. The third-order valence-electron chi connectivity index (χ3n) is 1.03. The van der Waals surface area contributed by atoms with E-state index < -0.39 is 0 Å². The number of rotatable bonds is 2. The quantitative estimate of drug-likeness (QED) is 0.535. The Balaban J connectivity index is 0.000000217. The van der Waals surface area contributed by atoms with Gasteiger partial charge in [0.15, 0.2) is 0 Å². The Kier molecular flexibility index (Phi) is 6.64. The molecule has 0 heterocycles. The van der Waals surface area contributed by atoms with Crippen LogP contribution in [-0.2, 0) is 9.53 Å². The van der Waals surface area contributed by atoms with Crippen LogP contribution in [0.1, 0.15) is 6.92 Å². The molecule has 1 rings (SSSR count). The van der Waals surface area contributed by atoms with Gasteiger partial charge in [0.2, 0.25) is 0 Å². The third-order valence-corrected chi connectivity index (χ3v) is 1.03. The van der Waals surface area contributed by atoms with E-state index >= 15 is 0 Å². The minimum absolute atomic E-state index is 0.431. The molecule has 66 valence electrons. The average Bonchev–Trinajstić information content (AvgIpc) is 2.08. The molecule has 0 aliphatic heterocycles. The minimum Gasteiger partial charge on any atom is -0.468 e. The van der Waals surface area contributed by atoms with E-state index in [-0.39, 0.29) is 0 Å². The van der Waals surface area contributed by atoms with E-state index in [2.05, 4.69) is 4.74 Å². The molecule has 1 aromatic carbocycles. The predicted molar refractivity (Wildman–Crippen MR) is 48.5 cm³/mol. The van der Waals surface area contributed by atoms with Crippen LogP contribution in [0.4, 0.5) is 5.69 Å². The van der Waals surface area contributed by atoms with Gasteiger partial charge in [-0.05, 0) is 19.1 Å². The van der Waals surface area contributed by atoms with Gasteiger partial charge in [-0.25, -0.2) is 0 Å². The molecule has 2 N–H and O–H groups in total. The van der Waals surface area contributed by atoms with Crippen molar-refractivity contribution < 1.29 is 9.53 Å². The summed E-state index contributed by atoms with van der Waals surface area (Å²) < 4.78 is 4.15. The number of ether oxygens (including phenoxy) is 1. The Morgan fingerprint density at radius 1 is 1.42 bits per heavy atom. The van der Waals surface area contributed by atoms with Crippen LogP contribution in [0.15, 0.2) is 30.3 Å². The van der Waals surface area contributed by atoms with Gasteiger partial charge in [0.1, 0.15) is 0 Å². The lowest BCUT2D eigenvalue weighted by atomic mass is 10.3. The molecule has 12 heavy (non-hydrogen) atoms. The summed E-state index contributed by atoms with van der Waals surface area (Å²) in [4.78, 5) is 9.18. The largest absolute Gasteiger partial charge is 0.468 e.